The van der Waals surface area contributed by atoms with Crippen LogP contribution in [0.4, 0.5) is 4.79 Å². The molecule has 0 bridgehead atoms. The molecule has 1 heterocycles. The van der Waals surface area contributed by atoms with E-state index in [9.17, 15) is 9.59 Å². The Kier molecular flexibility index (Phi) is 2.62. The van der Waals surface area contributed by atoms with Crippen molar-refractivity contribution in [2.45, 2.75) is 25.1 Å². The highest BCUT2D eigenvalue weighted by Gasteiger charge is 2.36. The molecule has 0 spiro atoms. The van der Waals surface area contributed by atoms with Crippen LogP contribution in [0.25, 0.3) is 0 Å². The first-order valence-electron chi connectivity index (χ1n) is 3.72. The Bertz CT molecular complexity index is 217. The third kappa shape index (κ3) is 1.72. The second kappa shape index (κ2) is 3.35. The van der Waals surface area contributed by atoms with Gasteiger partial charge in [-0.2, -0.15) is 0 Å². The van der Waals surface area contributed by atoms with E-state index in [4.69, 9.17) is 5.11 Å². The number of carboxylic acid groups (broad SMARTS) is 1. The lowest BCUT2D eigenvalue weighted by atomic mass is 10.3. The van der Waals surface area contributed by atoms with Crippen molar-refractivity contribution in [2.75, 3.05) is 6.54 Å². The zero-order valence-corrected chi connectivity index (χ0v) is 7.80. The SMILES string of the molecule is CC(C)N1CC(C(=O)O)SC1=O. The standard InChI is InChI=1S/C7H11NO3S/c1-4(2)8-3-5(6(9)10)12-7(8)11/h4-5H,3H2,1-2H3,(H,9,10). The lowest BCUT2D eigenvalue weighted by Crippen LogP contribution is -2.33. The van der Waals surface area contributed by atoms with E-state index in [1.165, 1.54) is 0 Å². The molecule has 0 aromatic carbocycles. The van der Waals surface area contributed by atoms with E-state index in [0.29, 0.717) is 6.54 Å². The highest BCUT2D eigenvalue weighted by molar-refractivity contribution is 8.15. The van der Waals surface area contributed by atoms with E-state index in [-0.39, 0.29) is 11.3 Å². The van der Waals surface area contributed by atoms with E-state index < -0.39 is 11.2 Å². The van der Waals surface area contributed by atoms with Crippen molar-refractivity contribution in [2.24, 2.45) is 0 Å². The van der Waals surface area contributed by atoms with Crippen LogP contribution in [0.1, 0.15) is 13.8 Å². The Balaban J connectivity index is 2.62. The van der Waals surface area contributed by atoms with E-state index in [2.05, 4.69) is 0 Å². The number of thioether (sulfide) groups is 1. The molecule has 0 aromatic rings. The predicted molar refractivity (Wildman–Crippen MR) is 46.3 cm³/mol. The summed E-state index contributed by atoms with van der Waals surface area (Å²) in [7, 11) is 0. The minimum atomic E-state index is -0.906. The van der Waals surface area contributed by atoms with Crippen LogP contribution in [-0.2, 0) is 4.79 Å². The summed E-state index contributed by atoms with van der Waals surface area (Å²) in [5.74, 6) is -0.906. The molecule has 1 N–H and O–H groups in total. The maximum Gasteiger partial charge on any atom is 0.319 e. The first kappa shape index (κ1) is 9.38. The summed E-state index contributed by atoms with van der Waals surface area (Å²) in [4.78, 5) is 23.2. The molecule has 5 heteroatoms. The van der Waals surface area contributed by atoms with Gasteiger partial charge in [0.25, 0.3) is 5.24 Å². The summed E-state index contributed by atoms with van der Waals surface area (Å²) in [5.41, 5.74) is 0. The van der Waals surface area contributed by atoms with Crippen molar-refractivity contribution in [1.29, 1.82) is 0 Å². The van der Waals surface area contributed by atoms with Gasteiger partial charge in [0.15, 0.2) is 0 Å². The Labute approximate surface area is 74.9 Å². The fourth-order valence-corrected chi connectivity index (χ4v) is 2.03. The number of carbonyl (C=O) groups is 2. The van der Waals surface area contributed by atoms with Crippen molar-refractivity contribution in [3.8, 4) is 0 Å². The molecule has 1 aliphatic heterocycles. The van der Waals surface area contributed by atoms with Crippen LogP contribution in [-0.4, -0.2) is 39.1 Å². The summed E-state index contributed by atoms with van der Waals surface area (Å²) in [6, 6.07) is 0.0920. The van der Waals surface area contributed by atoms with Crippen molar-refractivity contribution in [3.05, 3.63) is 0 Å². The summed E-state index contributed by atoms with van der Waals surface area (Å²) >= 11 is 0.898. The summed E-state index contributed by atoms with van der Waals surface area (Å²) < 4.78 is 0. The molecular formula is C7H11NO3S. The first-order chi connectivity index (χ1) is 5.52. The minimum absolute atomic E-state index is 0.0920. The molecule has 1 amide bonds. The van der Waals surface area contributed by atoms with Gasteiger partial charge in [-0.15, -0.1) is 0 Å². The van der Waals surface area contributed by atoms with Gasteiger partial charge in [-0.1, -0.05) is 0 Å². The van der Waals surface area contributed by atoms with Crippen molar-refractivity contribution in [1.82, 2.24) is 4.90 Å². The summed E-state index contributed by atoms with van der Waals surface area (Å²) in [6.45, 7) is 4.09. The van der Waals surface area contributed by atoms with Crippen LogP contribution in [0.2, 0.25) is 0 Å². The highest BCUT2D eigenvalue weighted by atomic mass is 32.2. The molecule has 0 radical (unpaired) electrons. The molecule has 1 atom stereocenters. The van der Waals surface area contributed by atoms with Gasteiger partial charge in [-0.3, -0.25) is 9.59 Å². The molecule has 1 saturated heterocycles. The molecule has 0 aromatic heterocycles. The van der Waals surface area contributed by atoms with Gasteiger partial charge in [0.1, 0.15) is 5.25 Å². The highest BCUT2D eigenvalue weighted by Crippen LogP contribution is 2.26. The number of nitrogens with zero attached hydrogens (tertiary/aromatic N) is 1. The number of carbonyl (C=O) groups excluding carboxylic acids is 1. The van der Waals surface area contributed by atoms with Gasteiger partial charge in [-0.25, -0.2) is 0 Å². The average Bonchev–Trinajstić information content (AvgIpc) is 2.30. The van der Waals surface area contributed by atoms with E-state index in [1.54, 1.807) is 4.90 Å². The number of aliphatic carboxylic acids is 1. The molecule has 12 heavy (non-hydrogen) atoms. The van der Waals surface area contributed by atoms with Gasteiger partial charge in [0.05, 0.1) is 0 Å². The van der Waals surface area contributed by atoms with Gasteiger partial charge in [-0.05, 0) is 25.6 Å². The van der Waals surface area contributed by atoms with Crippen LogP contribution in [0.5, 0.6) is 0 Å². The van der Waals surface area contributed by atoms with Crippen molar-refractivity contribution < 1.29 is 14.7 Å². The fraction of sp³-hybridized carbons (Fsp3) is 0.714. The molecule has 1 aliphatic rings. The van der Waals surface area contributed by atoms with E-state index in [1.807, 2.05) is 13.8 Å². The van der Waals surface area contributed by atoms with Crippen LogP contribution in [0, 0.1) is 0 Å². The maximum atomic E-state index is 11.2. The Morgan fingerprint density at radius 2 is 2.33 bits per heavy atom. The van der Waals surface area contributed by atoms with Gasteiger partial charge >= 0.3 is 5.97 Å². The van der Waals surface area contributed by atoms with Crippen LogP contribution in [0.3, 0.4) is 0 Å². The third-order valence-electron chi connectivity index (χ3n) is 1.74. The monoisotopic (exact) mass is 189 g/mol. The Hall–Kier alpha value is -0.710. The zero-order valence-electron chi connectivity index (χ0n) is 6.98. The fourth-order valence-electron chi connectivity index (χ4n) is 1.03. The number of hydrogen-bond donors (Lipinski definition) is 1. The molecule has 1 unspecified atom stereocenters. The average molecular weight is 189 g/mol. The van der Waals surface area contributed by atoms with Crippen LogP contribution in [0.15, 0.2) is 0 Å². The molecule has 0 saturated carbocycles. The smallest absolute Gasteiger partial charge is 0.319 e. The normalized spacial score (nSPS) is 23.8. The lowest BCUT2D eigenvalue weighted by Gasteiger charge is -2.18. The molecule has 1 fully saturated rings. The molecule has 0 aliphatic carbocycles. The second-order valence-corrected chi connectivity index (χ2v) is 4.11. The molecule has 68 valence electrons. The first-order valence-corrected chi connectivity index (χ1v) is 4.60. The van der Waals surface area contributed by atoms with Crippen molar-refractivity contribution in [3.63, 3.8) is 0 Å². The quantitative estimate of drug-likeness (QED) is 0.704. The van der Waals surface area contributed by atoms with Crippen molar-refractivity contribution >= 4 is 23.0 Å². The van der Waals surface area contributed by atoms with Crippen LogP contribution >= 0.6 is 11.8 Å². The third-order valence-corrected chi connectivity index (χ3v) is 2.81. The summed E-state index contributed by atoms with van der Waals surface area (Å²) in [5, 5.41) is 7.92. The number of amides is 1. The van der Waals surface area contributed by atoms with E-state index in [0.717, 1.165) is 11.8 Å². The number of hydrogen-bond acceptors (Lipinski definition) is 3. The lowest BCUT2D eigenvalue weighted by molar-refractivity contribution is -0.136. The predicted octanol–water partition coefficient (Wildman–Crippen LogP) is 1.02. The topological polar surface area (TPSA) is 57.6 Å². The van der Waals surface area contributed by atoms with Crippen LogP contribution < -0.4 is 0 Å². The van der Waals surface area contributed by atoms with Gasteiger partial charge < -0.3 is 10.0 Å². The molecule has 1 rings (SSSR count). The number of carboxylic acids is 1. The molecule has 4 nitrogen and oxygen atoms in total. The van der Waals surface area contributed by atoms with E-state index >= 15 is 0 Å². The largest absolute Gasteiger partial charge is 0.480 e. The molecular weight excluding hydrogens is 178 g/mol. The minimum Gasteiger partial charge on any atom is -0.480 e. The number of rotatable bonds is 2. The van der Waals surface area contributed by atoms with Gasteiger partial charge in [0, 0.05) is 12.6 Å². The summed E-state index contributed by atoms with van der Waals surface area (Å²) in [6.07, 6.45) is 0. The Morgan fingerprint density at radius 1 is 1.75 bits per heavy atom. The van der Waals surface area contributed by atoms with Gasteiger partial charge in [0.2, 0.25) is 0 Å². The Morgan fingerprint density at radius 3 is 2.58 bits per heavy atom. The zero-order chi connectivity index (χ0) is 9.30. The maximum absolute atomic E-state index is 11.2. The second-order valence-electron chi connectivity index (χ2n) is 2.96.